The van der Waals surface area contributed by atoms with Crippen LogP contribution in [-0.2, 0) is 9.53 Å². The number of hydrogen-bond acceptors (Lipinski definition) is 5. The topological polar surface area (TPSA) is 93.4 Å². The molecule has 0 saturated carbocycles. The summed E-state index contributed by atoms with van der Waals surface area (Å²) in [6.07, 6.45) is -0.676. The van der Waals surface area contributed by atoms with Gasteiger partial charge in [-0.05, 0) is 32.9 Å². The van der Waals surface area contributed by atoms with Crippen molar-refractivity contribution in [1.29, 1.82) is 0 Å². The third-order valence-corrected chi connectivity index (χ3v) is 3.92. The van der Waals surface area contributed by atoms with Gasteiger partial charge in [0.25, 0.3) is 0 Å². The Bertz CT molecular complexity index is 616. The molecule has 0 fully saturated rings. The summed E-state index contributed by atoms with van der Waals surface area (Å²) in [6, 6.07) is 1.85. The first kappa shape index (κ1) is 16.4. The average molecular weight is 327 g/mol. The second-order valence-electron chi connectivity index (χ2n) is 5.87. The fraction of sp³-hybridized carbons (Fsp3) is 0.429. The molecule has 0 spiro atoms. The standard InChI is InChI=1S/C14H18FN3O3S/c1-14(2,3)21-13(20)18-10-6-22-11-4-7(15)8(16)5-9(11)17-12(10)19/h4-5,10H,6,16H2,1-3H3,(H,17,19)(H,18,20)/t10-/m0/s1. The Hall–Kier alpha value is -1.96. The number of carbonyl (C=O) groups excluding carboxylic acids is 2. The van der Waals surface area contributed by atoms with Crippen LogP contribution in [0.4, 0.5) is 20.6 Å². The maximum Gasteiger partial charge on any atom is 0.408 e. The Morgan fingerprint density at radius 2 is 2.18 bits per heavy atom. The lowest BCUT2D eigenvalue weighted by molar-refractivity contribution is -0.117. The highest BCUT2D eigenvalue weighted by Crippen LogP contribution is 2.33. The predicted molar refractivity (Wildman–Crippen MR) is 83.3 cm³/mol. The molecule has 0 unspecified atom stereocenters. The number of fused-ring (bicyclic) bond motifs is 1. The molecule has 0 aliphatic carbocycles. The molecule has 1 atom stereocenters. The number of ether oxygens (including phenoxy) is 1. The van der Waals surface area contributed by atoms with Gasteiger partial charge in [-0.1, -0.05) is 0 Å². The molecule has 0 bridgehead atoms. The summed E-state index contributed by atoms with van der Waals surface area (Å²) in [5, 5.41) is 5.14. The van der Waals surface area contributed by atoms with Crippen LogP contribution in [0.5, 0.6) is 0 Å². The number of benzene rings is 1. The van der Waals surface area contributed by atoms with Gasteiger partial charge in [-0.3, -0.25) is 4.79 Å². The van der Waals surface area contributed by atoms with Crippen LogP contribution in [0.25, 0.3) is 0 Å². The zero-order valence-electron chi connectivity index (χ0n) is 12.5. The van der Waals surface area contributed by atoms with Crippen LogP contribution in [0.1, 0.15) is 20.8 Å². The zero-order chi connectivity index (χ0) is 16.5. The molecule has 4 N–H and O–H groups in total. The molecule has 1 heterocycles. The van der Waals surface area contributed by atoms with Crippen molar-refractivity contribution < 1.29 is 18.7 Å². The van der Waals surface area contributed by atoms with E-state index in [9.17, 15) is 14.0 Å². The number of carbonyl (C=O) groups is 2. The minimum absolute atomic E-state index is 0.0433. The normalized spacial score (nSPS) is 18.0. The number of amides is 2. The van der Waals surface area contributed by atoms with Gasteiger partial charge in [-0.2, -0.15) is 0 Å². The van der Waals surface area contributed by atoms with Crippen LogP contribution in [0.15, 0.2) is 17.0 Å². The molecule has 1 aliphatic heterocycles. The minimum atomic E-state index is -0.781. The van der Waals surface area contributed by atoms with Gasteiger partial charge >= 0.3 is 6.09 Å². The van der Waals surface area contributed by atoms with E-state index in [2.05, 4.69) is 10.6 Å². The van der Waals surface area contributed by atoms with Crippen LogP contribution in [-0.4, -0.2) is 29.4 Å². The first-order valence-corrected chi connectivity index (χ1v) is 7.66. The van der Waals surface area contributed by atoms with Crippen molar-refractivity contribution in [3.63, 3.8) is 0 Å². The molecule has 2 amide bonds. The van der Waals surface area contributed by atoms with Crippen molar-refractivity contribution >= 4 is 35.1 Å². The van der Waals surface area contributed by atoms with Crippen molar-refractivity contribution in [2.45, 2.75) is 37.3 Å². The highest BCUT2D eigenvalue weighted by molar-refractivity contribution is 7.99. The lowest BCUT2D eigenvalue weighted by atomic mass is 10.2. The Morgan fingerprint density at radius 3 is 2.82 bits per heavy atom. The van der Waals surface area contributed by atoms with E-state index in [4.69, 9.17) is 10.5 Å². The summed E-state index contributed by atoms with van der Waals surface area (Å²) in [6.45, 7) is 5.20. The monoisotopic (exact) mass is 327 g/mol. The molecule has 0 saturated heterocycles. The second-order valence-corrected chi connectivity index (χ2v) is 6.93. The number of nitrogen functional groups attached to an aromatic ring is 1. The highest BCUT2D eigenvalue weighted by Gasteiger charge is 2.28. The Balaban J connectivity index is 2.10. The first-order valence-electron chi connectivity index (χ1n) is 6.68. The molecule has 6 nitrogen and oxygen atoms in total. The molecule has 0 radical (unpaired) electrons. The van der Waals surface area contributed by atoms with Gasteiger partial charge in [0.05, 0.1) is 11.4 Å². The van der Waals surface area contributed by atoms with E-state index in [-0.39, 0.29) is 11.4 Å². The molecule has 2 rings (SSSR count). The molecular weight excluding hydrogens is 309 g/mol. The summed E-state index contributed by atoms with van der Waals surface area (Å²) in [5.41, 5.74) is 5.24. The summed E-state index contributed by atoms with van der Waals surface area (Å²) in [7, 11) is 0. The van der Waals surface area contributed by atoms with Gasteiger partial charge in [0.2, 0.25) is 5.91 Å². The molecular formula is C14H18FN3O3S. The van der Waals surface area contributed by atoms with Gasteiger partial charge in [-0.25, -0.2) is 9.18 Å². The van der Waals surface area contributed by atoms with Gasteiger partial charge in [-0.15, -0.1) is 11.8 Å². The lowest BCUT2D eigenvalue weighted by Gasteiger charge is -2.22. The SMILES string of the molecule is CC(C)(C)OC(=O)N[C@H]1CSc2cc(F)c(N)cc2NC1=O. The molecule has 1 aromatic carbocycles. The van der Waals surface area contributed by atoms with Gasteiger partial charge < -0.3 is 21.1 Å². The maximum absolute atomic E-state index is 13.5. The van der Waals surface area contributed by atoms with E-state index < -0.39 is 29.5 Å². The zero-order valence-corrected chi connectivity index (χ0v) is 13.3. The van der Waals surface area contributed by atoms with Gasteiger partial charge in [0, 0.05) is 10.6 Å². The minimum Gasteiger partial charge on any atom is -0.444 e. The van der Waals surface area contributed by atoms with E-state index in [0.29, 0.717) is 10.6 Å². The number of rotatable bonds is 1. The van der Waals surface area contributed by atoms with Gasteiger partial charge in [0.1, 0.15) is 17.5 Å². The number of anilines is 2. The summed E-state index contributed by atoms with van der Waals surface area (Å²) in [5.74, 6) is -0.677. The number of halogens is 1. The number of hydrogen-bond donors (Lipinski definition) is 3. The maximum atomic E-state index is 13.5. The smallest absolute Gasteiger partial charge is 0.408 e. The van der Waals surface area contributed by atoms with E-state index in [0.717, 1.165) is 0 Å². The highest BCUT2D eigenvalue weighted by atomic mass is 32.2. The van der Waals surface area contributed by atoms with Crippen LogP contribution in [0, 0.1) is 5.82 Å². The third-order valence-electron chi connectivity index (χ3n) is 2.77. The van der Waals surface area contributed by atoms with E-state index in [1.54, 1.807) is 20.8 Å². The fourth-order valence-electron chi connectivity index (χ4n) is 1.81. The van der Waals surface area contributed by atoms with Crippen LogP contribution in [0.2, 0.25) is 0 Å². The summed E-state index contributed by atoms with van der Waals surface area (Å²) >= 11 is 1.26. The number of alkyl carbamates (subject to hydrolysis) is 1. The van der Waals surface area contributed by atoms with Gasteiger partial charge in [0.15, 0.2) is 0 Å². The first-order chi connectivity index (χ1) is 10.2. The van der Waals surface area contributed by atoms with Crippen molar-refractivity contribution in [1.82, 2.24) is 5.32 Å². The number of thioether (sulfide) groups is 1. The van der Waals surface area contributed by atoms with Crippen LogP contribution >= 0.6 is 11.8 Å². The quantitative estimate of drug-likeness (QED) is 0.688. The largest absolute Gasteiger partial charge is 0.444 e. The average Bonchev–Trinajstić information content (AvgIpc) is 2.49. The third kappa shape index (κ3) is 4.03. The Kier molecular flexibility index (Phi) is 4.50. The lowest BCUT2D eigenvalue weighted by Crippen LogP contribution is -2.46. The molecule has 120 valence electrons. The second kappa shape index (κ2) is 6.04. The molecule has 1 aliphatic rings. The number of nitrogens with two attached hydrogens (primary N) is 1. The van der Waals surface area contributed by atoms with E-state index in [1.165, 1.54) is 23.9 Å². The van der Waals surface area contributed by atoms with Crippen molar-refractivity contribution in [3.8, 4) is 0 Å². The van der Waals surface area contributed by atoms with E-state index >= 15 is 0 Å². The fourth-order valence-corrected chi connectivity index (χ4v) is 2.85. The Labute approximate surface area is 132 Å². The number of nitrogens with one attached hydrogen (secondary N) is 2. The molecule has 22 heavy (non-hydrogen) atoms. The van der Waals surface area contributed by atoms with Crippen LogP contribution < -0.4 is 16.4 Å². The van der Waals surface area contributed by atoms with E-state index in [1.807, 2.05) is 0 Å². The van der Waals surface area contributed by atoms with Crippen molar-refractivity contribution in [2.24, 2.45) is 0 Å². The summed E-state index contributed by atoms with van der Waals surface area (Å²) < 4.78 is 18.6. The van der Waals surface area contributed by atoms with Crippen molar-refractivity contribution in [2.75, 3.05) is 16.8 Å². The Morgan fingerprint density at radius 1 is 1.50 bits per heavy atom. The van der Waals surface area contributed by atoms with Crippen molar-refractivity contribution in [3.05, 3.63) is 17.9 Å². The molecule has 8 heteroatoms. The summed E-state index contributed by atoms with van der Waals surface area (Å²) in [4.78, 5) is 24.5. The predicted octanol–water partition coefficient (Wildman–Crippen LogP) is 2.35. The molecule has 1 aromatic rings. The van der Waals surface area contributed by atoms with Crippen LogP contribution in [0.3, 0.4) is 0 Å². The molecule has 0 aromatic heterocycles.